The molecule has 6 heteroatoms. The van der Waals surface area contributed by atoms with Crippen LogP contribution in [0.2, 0.25) is 0 Å². The van der Waals surface area contributed by atoms with Crippen molar-refractivity contribution in [2.75, 3.05) is 0 Å². The lowest BCUT2D eigenvalue weighted by Gasteiger charge is -2.17. The first-order chi connectivity index (χ1) is 6.97. The zero-order chi connectivity index (χ0) is 11.8. The van der Waals surface area contributed by atoms with E-state index in [-0.39, 0.29) is 12.0 Å². The second-order valence-corrected chi connectivity index (χ2v) is 3.30. The van der Waals surface area contributed by atoms with Crippen molar-refractivity contribution in [2.45, 2.75) is 31.3 Å². The molecule has 0 aliphatic carbocycles. The fourth-order valence-electron chi connectivity index (χ4n) is 1.17. The summed E-state index contributed by atoms with van der Waals surface area (Å²) in [5.74, 6) is -1.15. The molecule has 0 fully saturated rings. The molecule has 1 unspecified atom stereocenters. The van der Waals surface area contributed by atoms with Crippen LogP contribution >= 0.6 is 0 Å². The van der Waals surface area contributed by atoms with E-state index in [9.17, 15) is 4.79 Å². The molecule has 0 amide bonds. The Kier molecular flexibility index (Phi) is 6.12. The summed E-state index contributed by atoms with van der Waals surface area (Å²) in [7, 11) is 0. The minimum Gasteiger partial charge on any atom is -0.480 e. The quantitative estimate of drug-likeness (QED) is 0.224. The number of hydrogen-bond donors (Lipinski definition) is 5. The lowest BCUT2D eigenvalue weighted by atomic mass is 10.0. The third-order valence-corrected chi connectivity index (χ3v) is 1.95. The summed E-state index contributed by atoms with van der Waals surface area (Å²) in [4.78, 5) is 10.5. The molecule has 0 aromatic rings. The Balaban J connectivity index is 3.99. The topological polar surface area (TPSA) is 125 Å². The number of aliphatic carboxylic acids is 1. The molecule has 0 bridgehead atoms. The summed E-state index contributed by atoms with van der Waals surface area (Å²) < 4.78 is 0. The highest BCUT2D eigenvalue weighted by atomic mass is 16.4. The Morgan fingerprint density at radius 3 is 2.60 bits per heavy atom. The monoisotopic (exact) mass is 214 g/mol. The second kappa shape index (κ2) is 6.83. The predicted octanol–water partition coefficient (Wildman–Crippen LogP) is -0.394. The predicted molar refractivity (Wildman–Crippen MR) is 58.5 cm³/mol. The van der Waals surface area contributed by atoms with Gasteiger partial charge in [0.15, 0.2) is 5.96 Å². The van der Waals surface area contributed by atoms with Gasteiger partial charge in [-0.05, 0) is 19.3 Å². The average Bonchev–Trinajstić information content (AvgIpc) is 2.13. The van der Waals surface area contributed by atoms with Crippen molar-refractivity contribution in [3.05, 3.63) is 12.7 Å². The Labute approximate surface area is 88.8 Å². The van der Waals surface area contributed by atoms with Gasteiger partial charge in [-0.1, -0.05) is 6.08 Å². The zero-order valence-electron chi connectivity index (χ0n) is 8.57. The van der Waals surface area contributed by atoms with Crippen LogP contribution in [0.15, 0.2) is 12.7 Å². The molecule has 0 aliphatic heterocycles. The van der Waals surface area contributed by atoms with E-state index in [1.165, 1.54) is 0 Å². The molecular weight excluding hydrogens is 196 g/mol. The van der Waals surface area contributed by atoms with Gasteiger partial charge in [0.1, 0.15) is 6.04 Å². The summed E-state index contributed by atoms with van der Waals surface area (Å²) in [5, 5.41) is 18.3. The van der Waals surface area contributed by atoms with Crippen molar-refractivity contribution in [1.29, 1.82) is 5.41 Å². The number of nitrogens with two attached hydrogens (primary N) is 2. The van der Waals surface area contributed by atoms with Gasteiger partial charge in [0.2, 0.25) is 0 Å². The standard InChI is InChI=1S/C9H18N4O2/c1-2-3-6(13-9(11)12)4-5-7(10)8(14)15/h2,6-7H,1,3-5,10H2,(H,14,15)(H4,11,12,13)/t6?,7-/m0/s1. The Morgan fingerprint density at radius 2 is 2.20 bits per heavy atom. The van der Waals surface area contributed by atoms with E-state index in [4.69, 9.17) is 22.0 Å². The third kappa shape index (κ3) is 6.50. The molecule has 0 spiro atoms. The number of carboxylic acids is 1. The Hall–Kier alpha value is -1.56. The maximum Gasteiger partial charge on any atom is 0.320 e. The molecular formula is C9H18N4O2. The summed E-state index contributed by atoms with van der Waals surface area (Å²) >= 11 is 0. The van der Waals surface area contributed by atoms with Crippen LogP contribution < -0.4 is 16.8 Å². The van der Waals surface area contributed by atoms with Crippen LogP contribution in [-0.4, -0.2) is 29.1 Å². The zero-order valence-corrected chi connectivity index (χ0v) is 8.57. The van der Waals surface area contributed by atoms with Gasteiger partial charge < -0.3 is 21.9 Å². The fraction of sp³-hybridized carbons (Fsp3) is 0.556. The first-order valence-electron chi connectivity index (χ1n) is 4.67. The van der Waals surface area contributed by atoms with E-state index in [0.29, 0.717) is 19.3 Å². The van der Waals surface area contributed by atoms with Gasteiger partial charge in [-0.2, -0.15) is 0 Å². The fourth-order valence-corrected chi connectivity index (χ4v) is 1.17. The second-order valence-electron chi connectivity index (χ2n) is 3.30. The summed E-state index contributed by atoms with van der Waals surface area (Å²) in [6, 6.07) is -0.948. The third-order valence-electron chi connectivity index (χ3n) is 1.95. The van der Waals surface area contributed by atoms with E-state index in [2.05, 4.69) is 11.9 Å². The van der Waals surface area contributed by atoms with Crippen LogP contribution in [0.3, 0.4) is 0 Å². The van der Waals surface area contributed by atoms with Gasteiger partial charge in [-0.3, -0.25) is 10.2 Å². The molecule has 0 aliphatic rings. The van der Waals surface area contributed by atoms with Gasteiger partial charge in [0.05, 0.1) is 0 Å². The van der Waals surface area contributed by atoms with Gasteiger partial charge in [0.25, 0.3) is 0 Å². The lowest BCUT2D eigenvalue weighted by molar-refractivity contribution is -0.138. The normalized spacial score (nSPS) is 13.9. The number of carbonyl (C=O) groups is 1. The lowest BCUT2D eigenvalue weighted by Crippen LogP contribution is -2.40. The maximum atomic E-state index is 10.5. The van der Waals surface area contributed by atoms with Crippen molar-refractivity contribution >= 4 is 11.9 Å². The van der Waals surface area contributed by atoms with E-state index < -0.39 is 12.0 Å². The van der Waals surface area contributed by atoms with E-state index in [0.717, 1.165) is 0 Å². The number of rotatable bonds is 7. The molecule has 0 aromatic heterocycles. The SMILES string of the molecule is C=CCC(CC[C@H](N)C(=O)O)NC(=N)N. The molecule has 0 saturated carbocycles. The van der Waals surface area contributed by atoms with Crippen molar-refractivity contribution in [1.82, 2.24) is 5.32 Å². The van der Waals surface area contributed by atoms with Gasteiger partial charge in [0, 0.05) is 6.04 Å². The van der Waals surface area contributed by atoms with Crippen molar-refractivity contribution in [3.8, 4) is 0 Å². The summed E-state index contributed by atoms with van der Waals surface area (Å²) in [5.41, 5.74) is 10.5. The van der Waals surface area contributed by atoms with Crippen LogP contribution in [0.5, 0.6) is 0 Å². The van der Waals surface area contributed by atoms with Crippen molar-refractivity contribution in [2.24, 2.45) is 11.5 Å². The van der Waals surface area contributed by atoms with E-state index in [1.54, 1.807) is 6.08 Å². The summed E-state index contributed by atoms with van der Waals surface area (Å²) in [6.45, 7) is 3.57. The molecule has 15 heavy (non-hydrogen) atoms. The van der Waals surface area contributed by atoms with Crippen LogP contribution in [-0.2, 0) is 4.79 Å². The molecule has 6 nitrogen and oxygen atoms in total. The van der Waals surface area contributed by atoms with E-state index >= 15 is 0 Å². The molecule has 0 saturated heterocycles. The highest BCUT2D eigenvalue weighted by Crippen LogP contribution is 2.04. The Morgan fingerprint density at radius 1 is 1.60 bits per heavy atom. The maximum absolute atomic E-state index is 10.5. The smallest absolute Gasteiger partial charge is 0.320 e. The molecule has 0 radical (unpaired) electrons. The molecule has 86 valence electrons. The van der Waals surface area contributed by atoms with Gasteiger partial charge in [-0.25, -0.2) is 0 Å². The number of nitrogens with one attached hydrogen (secondary N) is 2. The molecule has 7 N–H and O–H groups in total. The van der Waals surface area contributed by atoms with Crippen LogP contribution in [0.4, 0.5) is 0 Å². The summed E-state index contributed by atoms with van der Waals surface area (Å²) in [6.07, 6.45) is 3.19. The number of carboxylic acid groups (broad SMARTS) is 1. The number of guanidine groups is 1. The highest BCUT2D eigenvalue weighted by molar-refractivity contribution is 5.74. The average molecular weight is 214 g/mol. The molecule has 2 atom stereocenters. The van der Waals surface area contributed by atoms with Crippen LogP contribution in [0.25, 0.3) is 0 Å². The van der Waals surface area contributed by atoms with Crippen molar-refractivity contribution < 1.29 is 9.90 Å². The van der Waals surface area contributed by atoms with E-state index in [1.807, 2.05) is 0 Å². The molecule has 0 heterocycles. The molecule has 0 aromatic carbocycles. The van der Waals surface area contributed by atoms with Gasteiger partial charge in [-0.15, -0.1) is 6.58 Å². The van der Waals surface area contributed by atoms with Crippen molar-refractivity contribution in [3.63, 3.8) is 0 Å². The minimum atomic E-state index is -1.02. The number of hydrogen-bond acceptors (Lipinski definition) is 3. The minimum absolute atomic E-state index is 0.0783. The highest BCUT2D eigenvalue weighted by Gasteiger charge is 2.14. The Bertz CT molecular complexity index is 242. The van der Waals surface area contributed by atoms with Crippen LogP contribution in [0, 0.1) is 5.41 Å². The first-order valence-corrected chi connectivity index (χ1v) is 4.67. The largest absolute Gasteiger partial charge is 0.480 e. The van der Waals surface area contributed by atoms with Gasteiger partial charge >= 0.3 is 5.97 Å². The molecule has 0 rings (SSSR count). The van der Waals surface area contributed by atoms with Crippen LogP contribution in [0.1, 0.15) is 19.3 Å². The first kappa shape index (κ1) is 13.4.